The first-order valence-corrected chi connectivity index (χ1v) is 11.5. The van der Waals surface area contributed by atoms with E-state index in [0.717, 1.165) is 22.2 Å². The van der Waals surface area contributed by atoms with Crippen LogP contribution in [0.15, 0.2) is 60.8 Å². The zero-order chi connectivity index (χ0) is 22.9. The second kappa shape index (κ2) is 7.11. The van der Waals surface area contributed by atoms with Crippen molar-refractivity contribution in [2.24, 2.45) is 11.8 Å². The molecule has 0 unspecified atom stereocenters. The summed E-state index contributed by atoms with van der Waals surface area (Å²) in [6, 6.07) is 13.6. The van der Waals surface area contributed by atoms with Gasteiger partial charge in [-0.3, -0.25) is 9.59 Å². The Kier molecular flexibility index (Phi) is 4.11. The van der Waals surface area contributed by atoms with Crippen LogP contribution in [0, 0.1) is 11.8 Å². The van der Waals surface area contributed by atoms with E-state index in [1.54, 1.807) is 11.0 Å². The Bertz CT molecular complexity index is 1360. The number of amides is 2. The van der Waals surface area contributed by atoms with Crippen LogP contribution >= 0.6 is 0 Å². The van der Waals surface area contributed by atoms with Crippen LogP contribution in [0.4, 0.5) is 5.69 Å². The molecule has 2 aromatic carbocycles. The SMILES string of the molecule is O=C(NCCc1c[nH]c2ccccc12)[C@@H]1[C@H]2C=C[C@]3(CN(c4ccc5c(c4)OCO5)C(=O)[C@@H]13)O2. The summed E-state index contributed by atoms with van der Waals surface area (Å²) in [5.74, 6) is -0.0320. The van der Waals surface area contributed by atoms with Gasteiger partial charge in [-0.05, 0) is 30.2 Å². The van der Waals surface area contributed by atoms with Crippen LogP contribution in [0.2, 0.25) is 0 Å². The molecule has 1 aromatic heterocycles. The summed E-state index contributed by atoms with van der Waals surface area (Å²) in [7, 11) is 0. The molecule has 0 aliphatic carbocycles. The Labute approximate surface area is 195 Å². The summed E-state index contributed by atoms with van der Waals surface area (Å²) in [5.41, 5.74) is 2.19. The predicted molar refractivity (Wildman–Crippen MR) is 124 cm³/mol. The lowest BCUT2D eigenvalue weighted by Crippen LogP contribution is -2.44. The van der Waals surface area contributed by atoms with E-state index >= 15 is 0 Å². The van der Waals surface area contributed by atoms with Crippen molar-refractivity contribution in [1.82, 2.24) is 10.3 Å². The van der Waals surface area contributed by atoms with Crippen molar-refractivity contribution in [1.29, 1.82) is 0 Å². The highest BCUT2D eigenvalue weighted by atomic mass is 16.7. The Hall–Kier alpha value is -3.78. The number of hydrogen-bond donors (Lipinski definition) is 2. The second-order valence-corrected chi connectivity index (χ2v) is 9.26. The first kappa shape index (κ1) is 19.7. The molecule has 4 atom stereocenters. The van der Waals surface area contributed by atoms with E-state index in [9.17, 15) is 9.59 Å². The molecule has 3 aromatic rings. The Balaban J connectivity index is 1.08. The third-order valence-corrected chi connectivity index (χ3v) is 7.44. The van der Waals surface area contributed by atoms with E-state index in [2.05, 4.69) is 16.4 Å². The van der Waals surface area contributed by atoms with Gasteiger partial charge in [0.15, 0.2) is 11.5 Å². The molecule has 1 spiro atoms. The molecule has 2 fully saturated rings. The third-order valence-electron chi connectivity index (χ3n) is 7.44. The smallest absolute Gasteiger partial charge is 0.234 e. The number of ether oxygens (including phenoxy) is 3. The fourth-order valence-electron chi connectivity index (χ4n) is 5.85. The van der Waals surface area contributed by atoms with Gasteiger partial charge in [0.25, 0.3) is 0 Å². The van der Waals surface area contributed by atoms with Gasteiger partial charge in [0.1, 0.15) is 5.60 Å². The molecule has 34 heavy (non-hydrogen) atoms. The molecule has 0 saturated carbocycles. The van der Waals surface area contributed by atoms with Crippen LogP contribution in [0.25, 0.3) is 10.9 Å². The molecule has 0 radical (unpaired) electrons. The topological polar surface area (TPSA) is 92.9 Å². The molecule has 2 saturated heterocycles. The molecule has 7 rings (SSSR count). The minimum absolute atomic E-state index is 0.0949. The number of carbonyl (C=O) groups is 2. The van der Waals surface area contributed by atoms with Crippen molar-refractivity contribution in [2.45, 2.75) is 18.1 Å². The van der Waals surface area contributed by atoms with Crippen LogP contribution in [0.5, 0.6) is 11.5 Å². The number of nitrogens with one attached hydrogen (secondary N) is 2. The quantitative estimate of drug-likeness (QED) is 0.575. The van der Waals surface area contributed by atoms with Gasteiger partial charge in [0.05, 0.1) is 24.5 Å². The Morgan fingerprint density at radius 1 is 1.18 bits per heavy atom. The zero-order valence-electron chi connectivity index (χ0n) is 18.3. The lowest BCUT2D eigenvalue weighted by molar-refractivity contribution is -0.131. The summed E-state index contributed by atoms with van der Waals surface area (Å²) < 4.78 is 17.1. The maximum Gasteiger partial charge on any atom is 0.234 e. The van der Waals surface area contributed by atoms with Crippen molar-refractivity contribution in [3.05, 3.63) is 66.4 Å². The number of rotatable bonds is 5. The van der Waals surface area contributed by atoms with E-state index in [1.165, 1.54) is 0 Å². The van der Waals surface area contributed by atoms with Crippen molar-refractivity contribution in [3.63, 3.8) is 0 Å². The molecule has 2 N–H and O–H groups in total. The fourth-order valence-corrected chi connectivity index (χ4v) is 5.85. The number of aromatic amines is 1. The van der Waals surface area contributed by atoms with Crippen LogP contribution in [0.3, 0.4) is 0 Å². The van der Waals surface area contributed by atoms with E-state index < -0.39 is 17.4 Å². The minimum Gasteiger partial charge on any atom is -0.454 e. The Morgan fingerprint density at radius 2 is 2.06 bits per heavy atom. The predicted octanol–water partition coefficient (Wildman–Crippen LogP) is 2.54. The highest BCUT2D eigenvalue weighted by molar-refractivity contribution is 6.03. The van der Waals surface area contributed by atoms with Gasteiger partial charge in [-0.25, -0.2) is 0 Å². The highest BCUT2D eigenvalue weighted by Crippen LogP contribution is 2.53. The molecule has 2 amide bonds. The molecule has 4 aliphatic heterocycles. The summed E-state index contributed by atoms with van der Waals surface area (Å²) in [6.07, 6.45) is 6.20. The number of para-hydroxylation sites is 1. The van der Waals surface area contributed by atoms with Crippen molar-refractivity contribution in [2.75, 3.05) is 24.8 Å². The van der Waals surface area contributed by atoms with Crippen molar-refractivity contribution < 1.29 is 23.8 Å². The van der Waals surface area contributed by atoms with Crippen molar-refractivity contribution in [3.8, 4) is 11.5 Å². The summed E-state index contributed by atoms with van der Waals surface area (Å²) in [6.45, 7) is 1.04. The standard InChI is InChI=1S/C26H23N3O5/c30-24(27-10-8-15-12-28-18-4-2-1-3-17(15)18)22-20-7-9-26(34-20)13-29(25(31)23(22)26)16-5-6-19-21(11-16)33-14-32-19/h1-7,9,11-12,20,22-23,28H,8,10,13-14H2,(H,27,30)/t20-,22-,23-,26-/m1/s1. The average Bonchev–Trinajstić information content (AvgIpc) is 3.66. The third kappa shape index (κ3) is 2.75. The normalized spacial score (nSPS) is 28.2. The van der Waals surface area contributed by atoms with Gasteiger partial charge in [-0.15, -0.1) is 0 Å². The average molecular weight is 457 g/mol. The molecule has 8 heteroatoms. The van der Waals surface area contributed by atoms with E-state index in [-0.39, 0.29) is 24.7 Å². The summed E-state index contributed by atoms with van der Waals surface area (Å²) >= 11 is 0. The van der Waals surface area contributed by atoms with Crippen LogP contribution in [-0.2, 0) is 20.7 Å². The molecule has 172 valence electrons. The summed E-state index contributed by atoms with van der Waals surface area (Å²) in [4.78, 5) is 31.8. The van der Waals surface area contributed by atoms with Gasteiger partial charge in [-0.2, -0.15) is 0 Å². The number of anilines is 1. The Morgan fingerprint density at radius 3 is 3.00 bits per heavy atom. The molecular formula is C26H23N3O5. The minimum atomic E-state index is -0.767. The molecule has 8 nitrogen and oxygen atoms in total. The highest BCUT2D eigenvalue weighted by Gasteiger charge is 2.67. The van der Waals surface area contributed by atoms with Crippen LogP contribution < -0.4 is 19.7 Å². The van der Waals surface area contributed by atoms with Crippen LogP contribution in [0.1, 0.15) is 5.56 Å². The molecule has 4 aliphatic rings. The summed E-state index contributed by atoms with van der Waals surface area (Å²) in [5, 5.41) is 4.22. The van der Waals surface area contributed by atoms with Gasteiger partial charge >= 0.3 is 0 Å². The van der Waals surface area contributed by atoms with Gasteiger partial charge < -0.3 is 29.4 Å². The maximum absolute atomic E-state index is 13.5. The maximum atomic E-state index is 13.5. The number of aromatic nitrogens is 1. The molecule has 2 bridgehead atoms. The number of hydrogen-bond acceptors (Lipinski definition) is 5. The second-order valence-electron chi connectivity index (χ2n) is 9.26. The van der Waals surface area contributed by atoms with E-state index in [1.807, 2.05) is 48.7 Å². The number of carbonyl (C=O) groups excluding carboxylic acids is 2. The first-order valence-electron chi connectivity index (χ1n) is 11.5. The molecular weight excluding hydrogens is 434 g/mol. The van der Waals surface area contributed by atoms with Gasteiger partial charge in [-0.1, -0.05) is 30.4 Å². The largest absolute Gasteiger partial charge is 0.454 e. The van der Waals surface area contributed by atoms with E-state index in [0.29, 0.717) is 31.0 Å². The van der Waals surface area contributed by atoms with Crippen LogP contribution in [-0.4, -0.2) is 48.4 Å². The number of nitrogens with zero attached hydrogens (tertiary/aromatic N) is 1. The zero-order valence-corrected chi connectivity index (χ0v) is 18.3. The lowest BCUT2D eigenvalue weighted by atomic mass is 9.77. The van der Waals surface area contributed by atoms with Crippen molar-refractivity contribution >= 4 is 28.4 Å². The van der Waals surface area contributed by atoms with E-state index in [4.69, 9.17) is 14.2 Å². The van der Waals surface area contributed by atoms with Gasteiger partial charge in [0.2, 0.25) is 18.6 Å². The molecule has 5 heterocycles. The number of fused-ring (bicyclic) bond motifs is 3. The number of benzene rings is 2. The number of H-pyrrole nitrogens is 1. The fraction of sp³-hybridized carbons (Fsp3) is 0.308. The lowest BCUT2D eigenvalue weighted by Gasteiger charge is -2.23. The van der Waals surface area contributed by atoms with Gasteiger partial charge in [0, 0.05) is 35.4 Å². The monoisotopic (exact) mass is 457 g/mol. The first-order chi connectivity index (χ1) is 16.6.